The Balaban J connectivity index is 1.94. The molecule has 0 aliphatic heterocycles. The minimum absolute atomic E-state index is 0.0490. The summed E-state index contributed by atoms with van der Waals surface area (Å²) in [6.07, 6.45) is 3.58. The SMILES string of the molecule is CC(=O)NC(C)Cc1ccc(C#Cc2cnc(OCC(C)(F)F)nc2)cc1. The third-order valence-electron chi connectivity index (χ3n) is 3.38. The molecule has 0 radical (unpaired) electrons. The molecule has 2 aromatic rings. The van der Waals surface area contributed by atoms with E-state index in [0.29, 0.717) is 5.56 Å². The summed E-state index contributed by atoms with van der Waals surface area (Å²) in [6, 6.07) is 7.65. The van der Waals surface area contributed by atoms with Gasteiger partial charge in [0.15, 0.2) is 6.61 Å². The number of halogens is 2. The molecule has 0 spiro atoms. The van der Waals surface area contributed by atoms with Gasteiger partial charge < -0.3 is 10.1 Å². The molecule has 1 aromatic carbocycles. The number of nitrogens with zero attached hydrogens (tertiary/aromatic N) is 2. The predicted molar refractivity (Wildman–Crippen MR) is 97.6 cm³/mol. The van der Waals surface area contributed by atoms with E-state index < -0.39 is 12.5 Å². The summed E-state index contributed by atoms with van der Waals surface area (Å²) in [6.45, 7) is 3.43. The molecule has 1 unspecified atom stereocenters. The van der Waals surface area contributed by atoms with E-state index in [4.69, 9.17) is 4.74 Å². The molecule has 7 heteroatoms. The fourth-order valence-electron chi connectivity index (χ4n) is 2.27. The fourth-order valence-corrected chi connectivity index (χ4v) is 2.27. The zero-order valence-electron chi connectivity index (χ0n) is 15.4. The maximum absolute atomic E-state index is 12.7. The first-order valence-electron chi connectivity index (χ1n) is 8.42. The van der Waals surface area contributed by atoms with Crippen LogP contribution in [0.2, 0.25) is 0 Å². The first-order valence-corrected chi connectivity index (χ1v) is 8.42. The predicted octanol–water partition coefficient (Wildman–Crippen LogP) is 2.98. The summed E-state index contributed by atoms with van der Waals surface area (Å²) in [5.74, 6) is 2.91. The summed E-state index contributed by atoms with van der Waals surface area (Å²) < 4.78 is 30.3. The first kappa shape index (κ1) is 20.3. The van der Waals surface area contributed by atoms with Gasteiger partial charge in [0.1, 0.15) is 0 Å². The lowest BCUT2D eigenvalue weighted by atomic mass is 10.1. The minimum Gasteiger partial charge on any atom is -0.457 e. The number of alkyl halides is 2. The summed E-state index contributed by atoms with van der Waals surface area (Å²) in [5, 5.41) is 2.84. The molecule has 1 aromatic heterocycles. The zero-order chi connectivity index (χ0) is 19.9. The Kier molecular flexibility index (Phi) is 6.83. The smallest absolute Gasteiger partial charge is 0.316 e. The van der Waals surface area contributed by atoms with Crippen molar-refractivity contribution >= 4 is 5.91 Å². The van der Waals surface area contributed by atoms with E-state index in [0.717, 1.165) is 24.5 Å². The first-order chi connectivity index (χ1) is 12.7. The van der Waals surface area contributed by atoms with Gasteiger partial charge in [-0.2, -0.15) is 0 Å². The molecule has 142 valence electrons. The molecule has 1 heterocycles. The Morgan fingerprint density at radius 1 is 1.19 bits per heavy atom. The highest BCUT2D eigenvalue weighted by molar-refractivity contribution is 5.73. The third-order valence-corrected chi connectivity index (χ3v) is 3.38. The molecule has 27 heavy (non-hydrogen) atoms. The summed E-state index contributed by atoms with van der Waals surface area (Å²) in [5.41, 5.74) is 2.46. The summed E-state index contributed by atoms with van der Waals surface area (Å²) >= 11 is 0. The standard InChI is InChI=1S/C20H21F2N3O2/c1-14(25-15(2)26)10-17-7-4-16(5-8-17)6-9-18-11-23-19(24-12-18)27-13-20(3,21)22/h4-5,7-8,11-12,14H,10,13H2,1-3H3,(H,25,26). The van der Waals surface area contributed by atoms with Gasteiger partial charge in [0.2, 0.25) is 5.91 Å². The molecule has 1 amide bonds. The van der Waals surface area contributed by atoms with Crippen molar-refractivity contribution in [3.63, 3.8) is 0 Å². The highest BCUT2D eigenvalue weighted by Crippen LogP contribution is 2.13. The van der Waals surface area contributed by atoms with Gasteiger partial charge >= 0.3 is 6.01 Å². The van der Waals surface area contributed by atoms with E-state index >= 15 is 0 Å². The van der Waals surface area contributed by atoms with Crippen LogP contribution in [0, 0.1) is 11.8 Å². The van der Waals surface area contributed by atoms with Crippen molar-refractivity contribution in [2.45, 2.75) is 39.2 Å². The van der Waals surface area contributed by atoms with Crippen LogP contribution in [0.15, 0.2) is 36.7 Å². The third kappa shape index (κ3) is 7.82. The molecule has 0 bridgehead atoms. The molecule has 0 saturated heterocycles. The zero-order valence-corrected chi connectivity index (χ0v) is 15.4. The minimum atomic E-state index is -2.94. The van der Waals surface area contributed by atoms with Gasteiger partial charge in [0.05, 0.1) is 5.56 Å². The van der Waals surface area contributed by atoms with Crippen molar-refractivity contribution in [3.05, 3.63) is 53.3 Å². The Bertz CT molecular complexity index is 820. The van der Waals surface area contributed by atoms with Crippen LogP contribution in [-0.4, -0.2) is 34.4 Å². The van der Waals surface area contributed by atoms with E-state index in [2.05, 4.69) is 27.1 Å². The number of benzene rings is 1. The summed E-state index contributed by atoms with van der Waals surface area (Å²) in [4.78, 5) is 18.8. The van der Waals surface area contributed by atoms with Crippen LogP contribution in [0.5, 0.6) is 6.01 Å². The van der Waals surface area contributed by atoms with E-state index in [9.17, 15) is 13.6 Å². The van der Waals surface area contributed by atoms with E-state index in [1.165, 1.54) is 19.3 Å². The molecule has 5 nitrogen and oxygen atoms in total. The molecule has 0 aliphatic carbocycles. The molecule has 1 atom stereocenters. The van der Waals surface area contributed by atoms with Crippen molar-refractivity contribution in [1.29, 1.82) is 0 Å². The van der Waals surface area contributed by atoms with Crippen molar-refractivity contribution in [1.82, 2.24) is 15.3 Å². The molecular formula is C20H21F2N3O2. The topological polar surface area (TPSA) is 64.1 Å². The number of hydrogen-bond donors (Lipinski definition) is 1. The Hall–Kier alpha value is -3.01. The van der Waals surface area contributed by atoms with Crippen LogP contribution < -0.4 is 10.1 Å². The van der Waals surface area contributed by atoms with Gasteiger partial charge in [-0.25, -0.2) is 18.7 Å². The van der Waals surface area contributed by atoms with Crippen molar-refractivity contribution in [3.8, 4) is 17.9 Å². The number of carbonyl (C=O) groups excluding carboxylic acids is 1. The van der Waals surface area contributed by atoms with Crippen LogP contribution in [0.3, 0.4) is 0 Å². The number of rotatable bonds is 6. The van der Waals surface area contributed by atoms with Gasteiger partial charge in [-0.05, 0) is 31.0 Å². The Morgan fingerprint density at radius 3 is 2.33 bits per heavy atom. The van der Waals surface area contributed by atoms with Gasteiger partial charge in [-0.15, -0.1) is 0 Å². The van der Waals surface area contributed by atoms with Crippen molar-refractivity contribution in [2.75, 3.05) is 6.61 Å². The molecule has 2 rings (SSSR count). The molecule has 0 saturated carbocycles. The second kappa shape index (κ2) is 9.08. The number of hydrogen-bond acceptors (Lipinski definition) is 4. The van der Waals surface area contributed by atoms with Gasteiger partial charge in [0.25, 0.3) is 5.92 Å². The normalized spacial score (nSPS) is 11.9. The molecule has 0 aliphatic rings. The maximum Gasteiger partial charge on any atom is 0.316 e. The monoisotopic (exact) mass is 373 g/mol. The second-order valence-corrected chi connectivity index (χ2v) is 6.37. The lowest BCUT2D eigenvalue weighted by Crippen LogP contribution is -2.31. The molecule has 1 N–H and O–H groups in total. The van der Waals surface area contributed by atoms with Crippen molar-refractivity contribution in [2.24, 2.45) is 0 Å². The maximum atomic E-state index is 12.7. The number of ether oxygens (including phenoxy) is 1. The van der Waals surface area contributed by atoms with Crippen molar-refractivity contribution < 1.29 is 18.3 Å². The molecular weight excluding hydrogens is 352 g/mol. The van der Waals surface area contributed by atoms with E-state index in [-0.39, 0.29) is 18.0 Å². The fraction of sp³-hybridized carbons (Fsp3) is 0.350. The number of carbonyl (C=O) groups is 1. The Morgan fingerprint density at radius 2 is 1.78 bits per heavy atom. The quantitative estimate of drug-likeness (QED) is 0.791. The van der Waals surface area contributed by atoms with Crippen LogP contribution in [0.1, 0.15) is 37.5 Å². The highest BCUT2D eigenvalue weighted by Gasteiger charge is 2.22. The number of nitrogens with one attached hydrogen (secondary N) is 1. The van der Waals surface area contributed by atoms with Gasteiger partial charge in [0, 0.05) is 37.8 Å². The van der Waals surface area contributed by atoms with Crippen LogP contribution in [0.25, 0.3) is 0 Å². The van der Waals surface area contributed by atoms with Crippen LogP contribution >= 0.6 is 0 Å². The lowest BCUT2D eigenvalue weighted by Gasteiger charge is -2.12. The van der Waals surface area contributed by atoms with Crippen LogP contribution in [-0.2, 0) is 11.2 Å². The lowest BCUT2D eigenvalue weighted by molar-refractivity contribution is -0.119. The van der Waals surface area contributed by atoms with Gasteiger partial charge in [-0.3, -0.25) is 4.79 Å². The van der Waals surface area contributed by atoms with E-state index in [1.807, 2.05) is 31.2 Å². The Labute approximate surface area is 157 Å². The molecule has 0 fully saturated rings. The van der Waals surface area contributed by atoms with Gasteiger partial charge in [-0.1, -0.05) is 24.0 Å². The number of amides is 1. The summed E-state index contributed by atoms with van der Waals surface area (Å²) in [7, 11) is 0. The average molecular weight is 373 g/mol. The number of aromatic nitrogens is 2. The van der Waals surface area contributed by atoms with E-state index in [1.54, 1.807) is 0 Å². The average Bonchev–Trinajstić information content (AvgIpc) is 2.59. The highest BCUT2D eigenvalue weighted by atomic mass is 19.3. The second-order valence-electron chi connectivity index (χ2n) is 6.37. The largest absolute Gasteiger partial charge is 0.457 e. The van der Waals surface area contributed by atoms with Crippen LogP contribution in [0.4, 0.5) is 8.78 Å².